The standard InChI is InChI=1S/C15H18FN3O/c1-4-7-17-15-14(20-3)13(18-9-19-15)11-6-5-10(2)12(16)8-11/h5-6,8-9H,4,7H2,1-3H3,(H,17,18,19). The molecule has 2 aromatic rings. The minimum Gasteiger partial charge on any atom is -0.491 e. The molecule has 0 saturated heterocycles. The van der Waals surface area contributed by atoms with Crippen molar-refractivity contribution in [2.24, 2.45) is 0 Å². The van der Waals surface area contributed by atoms with E-state index < -0.39 is 0 Å². The first-order valence-electron chi connectivity index (χ1n) is 6.56. The maximum Gasteiger partial charge on any atom is 0.187 e. The smallest absolute Gasteiger partial charge is 0.187 e. The van der Waals surface area contributed by atoms with Crippen molar-refractivity contribution in [2.75, 3.05) is 19.0 Å². The highest BCUT2D eigenvalue weighted by Crippen LogP contribution is 2.33. The first-order valence-corrected chi connectivity index (χ1v) is 6.56. The van der Waals surface area contributed by atoms with Crippen LogP contribution in [0.1, 0.15) is 18.9 Å². The van der Waals surface area contributed by atoms with Crippen molar-refractivity contribution in [1.82, 2.24) is 9.97 Å². The minimum atomic E-state index is -0.258. The quantitative estimate of drug-likeness (QED) is 0.908. The second-order valence-electron chi connectivity index (χ2n) is 4.49. The lowest BCUT2D eigenvalue weighted by Gasteiger charge is -2.13. The zero-order chi connectivity index (χ0) is 14.5. The van der Waals surface area contributed by atoms with Gasteiger partial charge in [0.1, 0.15) is 17.8 Å². The Morgan fingerprint density at radius 2 is 2.10 bits per heavy atom. The first-order chi connectivity index (χ1) is 9.67. The van der Waals surface area contributed by atoms with Crippen LogP contribution in [0.3, 0.4) is 0 Å². The van der Waals surface area contributed by atoms with Crippen LogP contribution in [0.25, 0.3) is 11.3 Å². The number of ether oxygens (including phenoxy) is 1. The number of halogens is 1. The summed E-state index contributed by atoms with van der Waals surface area (Å²) in [5, 5.41) is 3.18. The van der Waals surface area contributed by atoms with E-state index >= 15 is 0 Å². The number of anilines is 1. The van der Waals surface area contributed by atoms with Crippen LogP contribution in [0, 0.1) is 12.7 Å². The molecule has 1 N–H and O–H groups in total. The molecule has 1 aromatic carbocycles. The van der Waals surface area contributed by atoms with Crippen molar-refractivity contribution in [3.63, 3.8) is 0 Å². The van der Waals surface area contributed by atoms with E-state index in [1.54, 1.807) is 20.1 Å². The van der Waals surface area contributed by atoms with Crippen molar-refractivity contribution in [3.8, 4) is 17.0 Å². The van der Waals surface area contributed by atoms with Gasteiger partial charge in [0.05, 0.1) is 7.11 Å². The van der Waals surface area contributed by atoms with E-state index in [1.807, 2.05) is 6.07 Å². The average Bonchev–Trinajstić information content (AvgIpc) is 2.47. The molecule has 0 saturated carbocycles. The Labute approximate surface area is 118 Å². The fourth-order valence-electron chi connectivity index (χ4n) is 1.88. The van der Waals surface area contributed by atoms with Gasteiger partial charge in [-0.15, -0.1) is 0 Å². The third kappa shape index (κ3) is 2.87. The second kappa shape index (κ2) is 6.32. The van der Waals surface area contributed by atoms with Gasteiger partial charge in [-0.25, -0.2) is 14.4 Å². The Bertz CT molecular complexity index is 602. The highest BCUT2D eigenvalue weighted by molar-refractivity contribution is 5.72. The molecule has 106 valence electrons. The van der Waals surface area contributed by atoms with Crippen molar-refractivity contribution in [2.45, 2.75) is 20.3 Å². The lowest BCUT2D eigenvalue weighted by molar-refractivity contribution is 0.414. The van der Waals surface area contributed by atoms with Crippen molar-refractivity contribution in [1.29, 1.82) is 0 Å². The molecule has 0 fully saturated rings. The Morgan fingerprint density at radius 3 is 2.75 bits per heavy atom. The second-order valence-corrected chi connectivity index (χ2v) is 4.49. The largest absolute Gasteiger partial charge is 0.491 e. The van der Waals surface area contributed by atoms with E-state index in [0.717, 1.165) is 13.0 Å². The number of aryl methyl sites for hydroxylation is 1. The molecule has 0 aliphatic carbocycles. The van der Waals surface area contributed by atoms with Crippen LogP contribution in [0.15, 0.2) is 24.5 Å². The lowest BCUT2D eigenvalue weighted by atomic mass is 10.1. The van der Waals surface area contributed by atoms with Crippen LogP contribution in [0.4, 0.5) is 10.2 Å². The van der Waals surface area contributed by atoms with Gasteiger partial charge >= 0.3 is 0 Å². The van der Waals surface area contributed by atoms with E-state index in [1.165, 1.54) is 12.4 Å². The van der Waals surface area contributed by atoms with E-state index in [9.17, 15) is 4.39 Å². The maximum absolute atomic E-state index is 13.7. The van der Waals surface area contributed by atoms with Crippen molar-refractivity contribution < 1.29 is 9.13 Å². The Balaban J connectivity index is 2.47. The molecule has 20 heavy (non-hydrogen) atoms. The monoisotopic (exact) mass is 275 g/mol. The van der Waals surface area contributed by atoms with Crippen molar-refractivity contribution in [3.05, 3.63) is 35.9 Å². The van der Waals surface area contributed by atoms with Crippen LogP contribution >= 0.6 is 0 Å². The zero-order valence-corrected chi connectivity index (χ0v) is 11.9. The number of rotatable bonds is 5. The Hall–Kier alpha value is -2.17. The molecule has 1 aromatic heterocycles. The van der Waals surface area contributed by atoms with Gasteiger partial charge in [0.15, 0.2) is 11.6 Å². The van der Waals surface area contributed by atoms with Gasteiger partial charge in [-0.1, -0.05) is 19.1 Å². The van der Waals surface area contributed by atoms with Crippen molar-refractivity contribution >= 4 is 5.82 Å². The maximum atomic E-state index is 13.7. The lowest BCUT2D eigenvalue weighted by Crippen LogP contribution is -2.06. The highest BCUT2D eigenvalue weighted by Gasteiger charge is 2.14. The van der Waals surface area contributed by atoms with E-state index in [2.05, 4.69) is 22.2 Å². The number of methoxy groups -OCH3 is 1. The Kier molecular flexibility index (Phi) is 4.50. The molecule has 2 rings (SSSR count). The fourth-order valence-corrected chi connectivity index (χ4v) is 1.88. The third-order valence-corrected chi connectivity index (χ3v) is 3.00. The summed E-state index contributed by atoms with van der Waals surface area (Å²) in [5.74, 6) is 0.899. The predicted octanol–water partition coefficient (Wildman–Crippen LogP) is 3.42. The molecule has 1 heterocycles. The molecule has 0 aliphatic heterocycles. The third-order valence-electron chi connectivity index (χ3n) is 3.00. The highest BCUT2D eigenvalue weighted by atomic mass is 19.1. The van der Waals surface area contributed by atoms with Crippen LogP contribution < -0.4 is 10.1 Å². The molecule has 0 atom stereocenters. The Morgan fingerprint density at radius 1 is 1.30 bits per heavy atom. The van der Waals surface area contributed by atoms with Gasteiger partial charge in [-0.05, 0) is 25.0 Å². The van der Waals surface area contributed by atoms with Gasteiger partial charge in [0.25, 0.3) is 0 Å². The number of nitrogens with zero attached hydrogens (tertiary/aromatic N) is 2. The minimum absolute atomic E-state index is 0.258. The van der Waals surface area contributed by atoms with E-state index in [0.29, 0.717) is 28.4 Å². The number of hydrogen-bond acceptors (Lipinski definition) is 4. The number of hydrogen-bond donors (Lipinski definition) is 1. The molecule has 0 amide bonds. The summed E-state index contributed by atoms with van der Waals surface area (Å²) >= 11 is 0. The molecule has 0 spiro atoms. The summed E-state index contributed by atoms with van der Waals surface area (Å²) in [6, 6.07) is 5.02. The molecule has 0 unspecified atom stereocenters. The predicted molar refractivity (Wildman–Crippen MR) is 77.5 cm³/mol. The van der Waals surface area contributed by atoms with Gasteiger partial charge in [0, 0.05) is 12.1 Å². The molecular weight excluding hydrogens is 257 g/mol. The molecule has 0 aliphatic rings. The summed E-state index contributed by atoms with van der Waals surface area (Å²) in [4.78, 5) is 8.39. The van der Waals surface area contributed by atoms with Crippen LogP contribution in [-0.2, 0) is 0 Å². The SMILES string of the molecule is CCCNc1ncnc(-c2ccc(C)c(F)c2)c1OC. The molecule has 5 heteroatoms. The van der Waals surface area contributed by atoms with Crippen LogP contribution in [-0.4, -0.2) is 23.6 Å². The molecular formula is C15H18FN3O. The van der Waals surface area contributed by atoms with Gasteiger partial charge in [0.2, 0.25) is 0 Å². The van der Waals surface area contributed by atoms with Crippen LogP contribution in [0.2, 0.25) is 0 Å². The molecule has 0 radical (unpaired) electrons. The normalized spacial score (nSPS) is 10.4. The molecule has 0 bridgehead atoms. The summed E-state index contributed by atoms with van der Waals surface area (Å²) < 4.78 is 19.1. The van der Waals surface area contributed by atoms with Gasteiger partial charge in [-0.3, -0.25) is 0 Å². The van der Waals surface area contributed by atoms with Gasteiger partial charge < -0.3 is 10.1 Å². The summed E-state index contributed by atoms with van der Waals surface area (Å²) in [5.41, 5.74) is 1.86. The van der Waals surface area contributed by atoms with Crippen LogP contribution in [0.5, 0.6) is 5.75 Å². The van der Waals surface area contributed by atoms with E-state index in [4.69, 9.17) is 4.74 Å². The zero-order valence-electron chi connectivity index (χ0n) is 11.9. The summed E-state index contributed by atoms with van der Waals surface area (Å²) in [7, 11) is 1.56. The molecule has 4 nitrogen and oxygen atoms in total. The topological polar surface area (TPSA) is 47.0 Å². The van der Waals surface area contributed by atoms with E-state index in [-0.39, 0.29) is 5.82 Å². The number of benzene rings is 1. The fraction of sp³-hybridized carbons (Fsp3) is 0.333. The number of nitrogens with one attached hydrogen (secondary N) is 1. The summed E-state index contributed by atoms with van der Waals surface area (Å²) in [6.07, 6.45) is 2.43. The summed E-state index contributed by atoms with van der Waals surface area (Å²) in [6.45, 7) is 4.58. The average molecular weight is 275 g/mol. The first kappa shape index (κ1) is 14.2. The number of aromatic nitrogens is 2. The van der Waals surface area contributed by atoms with Gasteiger partial charge in [-0.2, -0.15) is 0 Å².